The van der Waals surface area contributed by atoms with Crippen molar-refractivity contribution < 1.29 is 24.0 Å². The lowest BCUT2D eigenvalue weighted by atomic mass is 10.1. The summed E-state index contributed by atoms with van der Waals surface area (Å²) in [6.07, 6.45) is 0.191. The predicted octanol–water partition coefficient (Wildman–Crippen LogP) is 3.09. The van der Waals surface area contributed by atoms with Gasteiger partial charge in [-0.05, 0) is 28.7 Å². The third-order valence-electron chi connectivity index (χ3n) is 4.04. The summed E-state index contributed by atoms with van der Waals surface area (Å²) in [5, 5.41) is 0.422. The monoisotopic (exact) mass is 339 g/mol. The highest BCUT2D eigenvalue weighted by Crippen LogP contribution is 2.35. The number of ether oxygens (including phenoxy) is 1. The van der Waals surface area contributed by atoms with Gasteiger partial charge in [0.15, 0.2) is 0 Å². The summed E-state index contributed by atoms with van der Waals surface area (Å²) in [5.41, 5.74) is 5.75. The van der Waals surface area contributed by atoms with Crippen molar-refractivity contribution in [3.63, 3.8) is 0 Å². The summed E-state index contributed by atoms with van der Waals surface area (Å²) < 4.78 is 4.10. The molecule has 1 saturated heterocycles. The molecule has 0 unspecified atom stereocenters. The molecule has 128 valence electrons. The van der Waals surface area contributed by atoms with Crippen LogP contribution in [0.5, 0.6) is 0 Å². The Morgan fingerprint density at radius 2 is 1.36 bits per heavy atom. The maximum atomic E-state index is 10.8. The Morgan fingerprint density at radius 3 is 1.84 bits per heavy atom. The number of methoxy groups -OCH3 is 1. The number of benzene rings is 2. The number of hydrogen-bond acceptors (Lipinski definition) is 5. The Kier molecular flexibility index (Phi) is 4.79. The second-order valence-corrected chi connectivity index (χ2v) is 5.62. The molecule has 1 aliphatic carbocycles. The predicted molar refractivity (Wildman–Crippen MR) is 89.3 cm³/mol. The van der Waals surface area contributed by atoms with Gasteiger partial charge in [0, 0.05) is 12.8 Å². The summed E-state index contributed by atoms with van der Waals surface area (Å²) in [6, 6.07) is 17.3. The number of fused-ring (bicyclic) bond motifs is 3. The van der Waals surface area contributed by atoms with Gasteiger partial charge in [0.2, 0.25) is 0 Å². The number of hydrogen-bond donors (Lipinski definition) is 0. The highest BCUT2D eigenvalue weighted by atomic mass is 16.8. The first kappa shape index (κ1) is 16.7. The van der Waals surface area contributed by atoms with Gasteiger partial charge in [0.25, 0.3) is 11.8 Å². The van der Waals surface area contributed by atoms with Crippen LogP contribution < -0.4 is 0 Å². The topological polar surface area (TPSA) is 72.9 Å². The summed E-state index contributed by atoms with van der Waals surface area (Å²) in [4.78, 5) is 36.3. The first-order valence-corrected chi connectivity index (χ1v) is 7.88. The lowest BCUT2D eigenvalue weighted by molar-refractivity contribution is -0.176. The zero-order valence-electron chi connectivity index (χ0n) is 13.7. The average Bonchev–Trinajstić information content (AvgIpc) is 3.17. The van der Waals surface area contributed by atoms with Crippen LogP contribution in [-0.4, -0.2) is 30.1 Å². The van der Waals surface area contributed by atoms with Gasteiger partial charge in [-0.15, -0.1) is 0 Å². The van der Waals surface area contributed by atoms with Crippen LogP contribution in [0.15, 0.2) is 48.5 Å². The van der Waals surface area contributed by atoms with Crippen molar-refractivity contribution in [3.05, 3.63) is 59.7 Å². The molecule has 0 N–H and O–H groups in total. The maximum absolute atomic E-state index is 10.8. The number of nitrogens with zero attached hydrogens (tertiary/aromatic N) is 1. The van der Waals surface area contributed by atoms with Crippen molar-refractivity contribution in [2.24, 2.45) is 0 Å². The average molecular weight is 339 g/mol. The number of rotatable bonds is 1. The third kappa shape index (κ3) is 3.52. The van der Waals surface area contributed by atoms with Gasteiger partial charge in [-0.25, -0.2) is 4.79 Å². The molecular weight excluding hydrogens is 322 g/mol. The van der Waals surface area contributed by atoms with E-state index in [1.54, 1.807) is 0 Å². The first-order chi connectivity index (χ1) is 12.1. The van der Waals surface area contributed by atoms with Crippen molar-refractivity contribution in [1.29, 1.82) is 0 Å². The van der Waals surface area contributed by atoms with Crippen molar-refractivity contribution in [3.8, 4) is 11.1 Å². The molecule has 1 aliphatic heterocycles. The SMILES string of the molecule is COC(=O)ON1C(=O)CCC1=O.c1ccc2c(c1)Cc1ccccc1-2. The van der Waals surface area contributed by atoms with E-state index in [-0.39, 0.29) is 12.8 Å². The zero-order valence-corrected chi connectivity index (χ0v) is 13.7. The molecule has 6 heteroatoms. The molecule has 0 aromatic heterocycles. The fourth-order valence-electron chi connectivity index (χ4n) is 2.85. The van der Waals surface area contributed by atoms with Crippen molar-refractivity contribution >= 4 is 18.0 Å². The quantitative estimate of drug-likeness (QED) is 0.503. The minimum atomic E-state index is -1.07. The molecule has 2 aliphatic rings. The molecule has 2 aromatic rings. The minimum absolute atomic E-state index is 0.0792. The van der Waals surface area contributed by atoms with Crippen LogP contribution in [0.25, 0.3) is 11.1 Å². The molecule has 25 heavy (non-hydrogen) atoms. The first-order valence-electron chi connectivity index (χ1n) is 7.88. The fourth-order valence-corrected chi connectivity index (χ4v) is 2.85. The molecule has 6 nitrogen and oxygen atoms in total. The largest absolute Gasteiger partial charge is 0.533 e. The third-order valence-corrected chi connectivity index (χ3v) is 4.04. The molecule has 0 atom stereocenters. The Hall–Kier alpha value is -3.15. The molecule has 0 saturated carbocycles. The van der Waals surface area contributed by atoms with E-state index in [2.05, 4.69) is 58.1 Å². The van der Waals surface area contributed by atoms with E-state index >= 15 is 0 Å². The van der Waals surface area contributed by atoms with Crippen molar-refractivity contribution in [2.75, 3.05) is 7.11 Å². The summed E-state index contributed by atoms with van der Waals surface area (Å²) in [7, 11) is 1.09. The van der Waals surface area contributed by atoms with E-state index in [9.17, 15) is 14.4 Å². The number of amides is 2. The second-order valence-electron chi connectivity index (χ2n) is 5.62. The van der Waals surface area contributed by atoms with Gasteiger partial charge in [-0.1, -0.05) is 53.6 Å². The minimum Gasteiger partial charge on any atom is -0.436 e. The second kappa shape index (κ2) is 7.17. The fraction of sp³-hybridized carbons (Fsp3) is 0.211. The van der Waals surface area contributed by atoms with E-state index in [1.165, 1.54) is 22.3 Å². The standard InChI is InChI=1S/C13H10.C6H7NO5/c1-3-7-12-10(5-1)9-11-6-2-4-8-13(11)12;1-11-6(10)12-7-4(8)2-3-5(7)9/h1-8H,9H2;2-3H2,1H3. The van der Waals surface area contributed by atoms with Crippen LogP contribution in [0.2, 0.25) is 0 Å². The van der Waals surface area contributed by atoms with Crippen molar-refractivity contribution in [1.82, 2.24) is 5.06 Å². The molecule has 1 heterocycles. The van der Waals surface area contributed by atoms with E-state index < -0.39 is 18.0 Å². The molecule has 2 aromatic carbocycles. The molecule has 0 spiro atoms. The molecule has 4 rings (SSSR count). The number of hydroxylamine groups is 2. The van der Waals surface area contributed by atoms with Crippen LogP contribution in [-0.2, 0) is 25.6 Å². The van der Waals surface area contributed by atoms with Crippen LogP contribution in [0.3, 0.4) is 0 Å². The summed E-state index contributed by atoms with van der Waals surface area (Å²) in [5.74, 6) is -1.05. The van der Waals surface area contributed by atoms with Gasteiger partial charge in [-0.2, -0.15) is 0 Å². The zero-order chi connectivity index (χ0) is 17.8. The van der Waals surface area contributed by atoms with E-state index in [0.29, 0.717) is 5.06 Å². The van der Waals surface area contributed by atoms with Gasteiger partial charge in [-0.3, -0.25) is 14.4 Å². The van der Waals surface area contributed by atoms with Gasteiger partial charge < -0.3 is 4.74 Å². The Morgan fingerprint density at radius 1 is 0.880 bits per heavy atom. The van der Waals surface area contributed by atoms with Crippen LogP contribution in [0.4, 0.5) is 4.79 Å². The van der Waals surface area contributed by atoms with E-state index in [1.807, 2.05) is 0 Å². The number of carbonyl (C=O) groups is 3. The Labute approximate surface area is 144 Å². The van der Waals surface area contributed by atoms with Crippen molar-refractivity contribution in [2.45, 2.75) is 19.3 Å². The smallest absolute Gasteiger partial charge is 0.436 e. The Balaban J connectivity index is 0.000000147. The van der Waals surface area contributed by atoms with E-state index in [0.717, 1.165) is 13.5 Å². The highest BCUT2D eigenvalue weighted by Gasteiger charge is 2.33. The number of imide groups is 1. The highest BCUT2D eigenvalue weighted by molar-refractivity contribution is 6.01. The number of carbonyl (C=O) groups excluding carboxylic acids is 3. The van der Waals surface area contributed by atoms with Crippen LogP contribution in [0, 0.1) is 0 Å². The molecule has 2 amide bonds. The van der Waals surface area contributed by atoms with Gasteiger partial charge in [0.05, 0.1) is 7.11 Å². The summed E-state index contributed by atoms with van der Waals surface area (Å²) in [6.45, 7) is 0. The van der Waals surface area contributed by atoms with Crippen LogP contribution >= 0.6 is 0 Å². The Bertz CT molecular complexity index is 771. The molecule has 1 fully saturated rings. The molecular formula is C19H17NO5. The summed E-state index contributed by atoms with van der Waals surface area (Å²) >= 11 is 0. The normalized spacial score (nSPS) is 14.4. The lowest BCUT2D eigenvalue weighted by Gasteiger charge is -2.10. The molecule has 0 radical (unpaired) electrons. The lowest BCUT2D eigenvalue weighted by Crippen LogP contribution is -2.31. The van der Waals surface area contributed by atoms with Gasteiger partial charge >= 0.3 is 6.16 Å². The molecule has 0 bridgehead atoms. The van der Waals surface area contributed by atoms with Gasteiger partial charge in [0.1, 0.15) is 0 Å². The van der Waals surface area contributed by atoms with Crippen LogP contribution in [0.1, 0.15) is 24.0 Å². The maximum Gasteiger partial charge on any atom is 0.533 e. The van der Waals surface area contributed by atoms with E-state index in [4.69, 9.17) is 0 Å².